The van der Waals surface area contributed by atoms with Crippen molar-refractivity contribution in [1.29, 1.82) is 0 Å². The van der Waals surface area contributed by atoms with Crippen molar-refractivity contribution in [3.63, 3.8) is 0 Å². The van der Waals surface area contributed by atoms with Crippen molar-refractivity contribution in [2.75, 3.05) is 4.43 Å². The number of benzene rings is 2. The lowest BCUT2D eigenvalue weighted by Crippen LogP contribution is -2.38. The highest BCUT2D eigenvalue weighted by molar-refractivity contribution is 14.1. The molecule has 1 saturated heterocycles. The number of nitro benzene ring substituents is 1. The van der Waals surface area contributed by atoms with Crippen molar-refractivity contribution in [1.82, 2.24) is 0 Å². The Bertz CT molecular complexity index is 813. The smallest absolute Gasteiger partial charge is 0.338 e. The number of hydrogen-bond acceptors (Lipinski definition) is 6. The van der Waals surface area contributed by atoms with Gasteiger partial charge in [-0.1, -0.05) is 52.9 Å². The largest absolute Gasteiger partial charge is 0.453 e. The predicted octanol–water partition coefficient (Wildman–Crippen LogP) is 3.93. The number of rotatable bonds is 7. The minimum absolute atomic E-state index is 0.0804. The maximum Gasteiger partial charge on any atom is 0.338 e. The number of carbonyl (C=O) groups excluding carboxylic acids is 1. The topological polar surface area (TPSA) is 87.9 Å². The average Bonchev–Trinajstić information content (AvgIpc) is 3.01. The maximum atomic E-state index is 12.5. The van der Waals surface area contributed by atoms with Gasteiger partial charge < -0.3 is 14.2 Å². The van der Waals surface area contributed by atoms with E-state index in [0.717, 1.165) is 5.56 Å². The molecule has 0 aromatic heterocycles. The van der Waals surface area contributed by atoms with E-state index in [1.54, 1.807) is 0 Å². The zero-order valence-electron chi connectivity index (χ0n) is 15.2. The van der Waals surface area contributed by atoms with E-state index in [-0.39, 0.29) is 23.5 Å². The second kappa shape index (κ2) is 9.44. The van der Waals surface area contributed by atoms with Crippen LogP contribution < -0.4 is 0 Å². The number of nitro groups is 1. The van der Waals surface area contributed by atoms with E-state index in [9.17, 15) is 14.9 Å². The highest BCUT2D eigenvalue weighted by atomic mass is 127. The summed E-state index contributed by atoms with van der Waals surface area (Å²) in [4.78, 5) is 22.8. The standard InChI is InChI=1S/C20H20INO6/c1-13-18(28-20(23)15-7-9-16(10-8-15)22(24)25)19(17(11-21)27-13)26-12-14-5-3-2-4-6-14/h2-10,13,17-19H,11-12H2,1H3/t13-,17+,18-,19+/m0/s1. The fourth-order valence-corrected chi connectivity index (χ4v) is 3.78. The second-order valence-corrected chi connectivity index (χ2v) is 7.35. The van der Waals surface area contributed by atoms with Crippen LogP contribution in [0.4, 0.5) is 5.69 Å². The molecular weight excluding hydrogens is 477 g/mol. The van der Waals surface area contributed by atoms with Crippen LogP contribution in [-0.4, -0.2) is 39.7 Å². The Kier molecular flexibility index (Phi) is 6.97. The van der Waals surface area contributed by atoms with Gasteiger partial charge in [0.25, 0.3) is 5.69 Å². The Labute approximate surface area is 176 Å². The first-order valence-electron chi connectivity index (χ1n) is 8.82. The highest BCUT2D eigenvalue weighted by Gasteiger charge is 2.45. The fraction of sp³-hybridized carbons (Fsp3) is 0.350. The third-order valence-electron chi connectivity index (χ3n) is 4.54. The molecule has 148 valence electrons. The second-order valence-electron chi connectivity index (χ2n) is 6.47. The molecule has 7 nitrogen and oxygen atoms in total. The van der Waals surface area contributed by atoms with E-state index in [1.165, 1.54) is 24.3 Å². The molecule has 0 N–H and O–H groups in total. The number of nitrogens with zero attached hydrogens (tertiary/aromatic N) is 1. The van der Waals surface area contributed by atoms with Crippen molar-refractivity contribution in [3.8, 4) is 0 Å². The summed E-state index contributed by atoms with van der Waals surface area (Å²) in [5, 5.41) is 10.8. The van der Waals surface area contributed by atoms with Crippen LogP contribution in [0.25, 0.3) is 0 Å². The van der Waals surface area contributed by atoms with Gasteiger partial charge in [0.2, 0.25) is 0 Å². The lowest BCUT2D eigenvalue weighted by atomic mass is 10.1. The summed E-state index contributed by atoms with van der Waals surface area (Å²) in [5.74, 6) is -0.558. The molecule has 1 heterocycles. The summed E-state index contributed by atoms with van der Waals surface area (Å²) in [6, 6.07) is 15.1. The van der Waals surface area contributed by atoms with Crippen molar-refractivity contribution in [2.24, 2.45) is 0 Å². The van der Waals surface area contributed by atoms with Gasteiger partial charge in [0.05, 0.1) is 29.3 Å². The maximum absolute atomic E-state index is 12.5. The van der Waals surface area contributed by atoms with E-state index in [1.807, 2.05) is 37.3 Å². The summed E-state index contributed by atoms with van der Waals surface area (Å²) < 4.78 is 18.4. The summed E-state index contributed by atoms with van der Waals surface area (Å²) >= 11 is 2.22. The highest BCUT2D eigenvalue weighted by Crippen LogP contribution is 2.29. The number of esters is 1. The quantitative estimate of drug-likeness (QED) is 0.190. The molecule has 0 spiro atoms. The van der Waals surface area contributed by atoms with Gasteiger partial charge in [0, 0.05) is 16.6 Å². The van der Waals surface area contributed by atoms with Gasteiger partial charge in [0.15, 0.2) is 6.10 Å². The first-order valence-corrected chi connectivity index (χ1v) is 10.3. The van der Waals surface area contributed by atoms with Gasteiger partial charge in [-0.15, -0.1) is 0 Å². The summed E-state index contributed by atoms with van der Waals surface area (Å²) in [6.45, 7) is 2.24. The lowest BCUT2D eigenvalue weighted by Gasteiger charge is -2.23. The van der Waals surface area contributed by atoms with Crippen molar-refractivity contribution >= 4 is 34.2 Å². The van der Waals surface area contributed by atoms with Gasteiger partial charge in [-0.25, -0.2) is 4.79 Å². The molecule has 0 amide bonds. The van der Waals surface area contributed by atoms with E-state index < -0.39 is 23.1 Å². The van der Waals surface area contributed by atoms with Crippen molar-refractivity contribution in [3.05, 3.63) is 75.8 Å². The summed E-state index contributed by atoms with van der Waals surface area (Å²) in [5.41, 5.74) is 1.19. The Hall–Kier alpha value is -2.04. The van der Waals surface area contributed by atoms with E-state index in [4.69, 9.17) is 14.2 Å². The van der Waals surface area contributed by atoms with Crippen LogP contribution in [0.5, 0.6) is 0 Å². The molecule has 2 aromatic carbocycles. The van der Waals surface area contributed by atoms with Crippen molar-refractivity contribution < 1.29 is 23.9 Å². The summed E-state index contributed by atoms with van der Waals surface area (Å²) in [7, 11) is 0. The summed E-state index contributed by atoms with van der Waals surface area (Å²) in [6.07, 6.45) is -1.46. The number of carbonyl (C=O) groups is 1. The molecule has 2 aromatic rings. The molecule has 0 radical (unpaired) electrons. The first-order chi connectivity index (χ1) is 13.5. The molecule has 3 rings (SSSR count). The minimum atomic E-state index is -0.564. The molecule has 0 unspecified atom stereocenters. The molecule has 1 aliphatic heterocycles. The SMILES string of the molecule is C[C@@H]1O[C@H](CI)[C@@H](OCc2ccccc2)[C@H]1OC(=O)c1ccc([N+](=O)[O-])cc1. The number of non-ortho nitro benzene ring substituents is 1. The van der Waals surface area contributed by atoms with E-state index in [2.05, 4.69) is 22.6 Å². The third-order valence-corrected chi connectivity index (χ3v) is 5.40. The Morgan fingerprint density at radius 1 is 1.14 bits per heavy atom. The predicted molar refractivity (Wildman–Crippen MR) is 111 cm³/mol. The Morgan fingerprint density at radius 2 is 1.82 bits per heavy atom. The lowest BCUT2D eigenvalue weighted by molar-refractivity contribution is -0.384. The number of ether oxygens (including phenoxy) is 3. The Balaban J connectivity index is 1.69. The fourth-order valence-electron chi connectivity index (χ4n) is 3.08. The molecule has 1 aliphatic rings. The normalized spacial score (nSPS) is 24.1. The molecule has 8 heteroatoms. The van der Waals surface area contributed by atoms with Crippen LogP contribution >= 0.6 is 22.6 Å². The van der Waals surface area contributed by atoms with Crippen LogP contribution in [0.15, 0.2) is 54.6 Å². The zero-order chi connectivity index (χ0) is 20.1. The molecule has 0 bridgehead atoms. The van der Waals surface area contributed by atoms with Gasteiger partial charge >= 0.3 is 5.97 Å². The first kappa shape index (κ1) is 20.7. The van der Waals surface area contributed by atoms with Gasteiger partial charge in [-0.3, -0.25) is 10.1 Å². The number of halogens is 1. The van der Waals surface area contributed by atoms with E-state index >= 15 is 0 Å². The van der Waals surface area contributed by atoms with Crippen LogP contribution in [0.3, 0.4) is 0 Å². The van der Waals surface area contributed by atoms with Gasteiger partial charge in [-0.05, 0) is 24.6 Å². The molecule has 4 atom stereocenters. The molecule has 28 heavy (non-hydrogen) atoms. The Morgan fingerprint density at radius 3 is 2.43 bits per heavy atom. The monoisotopic (exact) mass is 497 g/mol. The van der Waals surface area contributed by atoms with Crippen LogP contribution in [0, 0.1) is 10.1 Å². The molecule has 1 fully saturated rings. The van der Waals surface area contributed by atoms with Crippen molar-refractivity contribution in [2.45, 2.75) is 37.9 Å². The molecule has 0 saturated carbocycles. The molecule has 0 aliphatic carbocycles. The van der Waals surface area contributed by atoms with E-state index in [0.29, 0.717) is 11.0 Å². The van der Waals surface area contributed by atoms with Gasteiger partial charge in [0.1, 0.15) is 6.10 Å². The third kappa shape index (κ3) is 4.86. The van der Waals surface area contributed by atoms with Gasteiger partial charge in [-0.2, -0.15) is 0 Å². The zero-order valence-corrected chi connectivity index (χ0v) is 17.4. The number of hydrogen-bond donors (Lipinski definition) is 0. The van der Waals surface area contributed by atoms with Crippen LogP contribution in [0.1, 0.15) is 22.8 Å². The minimum Gasteiger partial charge on any atom is -0.453 e. The van der Waals surface area contributed by atoms with Crippen LogP contribution in [-0.2, 0) is 20.8 Å². The van der Waals surface area contributed by atoms with Crippen LogP contribution in [0.2, 0.25) is 0 Å². The number of alkyl halides is 1. The average molecular weight is 497 g/mol. The molecular formula is C20H20INO6.